The minimum Gasteiger partial charge on any atom is -0.370 e. The summed E-state index contributed by atoms with van der Waals surface area (Å²) in [4.78, 5) is 4.33. The monoisotopic (exact) mass is 520 g/mol. The number of rotatable bonds is 5. The fourth-order valence-corrected chi connectivity index (χ4v) is 4.16. The van der Waals surface area contributed by atoms with Gasteiger partial charge in [0, 0.05) is 29.7 Å². The van der Waals surface area contributed by atoms with E-state index in [0.717, 1.165) is 12.0 Å². The average molecular weight is 521 g/mol. The predicted molar refractivity (Wildman–Crippen MR) is 114 cm³/mol. The van der Waals surface area contributed by atoms with E-state index < -0.39 is 10.0 Å². The third kappa shape index (κ3) is 6.74. The molecule has 0 amide bonds. The smallest absolute Gasteiger partial charge is 0.211 e. The summed E-state index contributed by atoms with van der Waals surface area (Å²) in [5, 5.41) is 4.23. The lowest BCUT2D eigenvalue weighted by Gasteiger charge is -2.17. The van der Waals surface area contributed by atoms with Crippen LogP contribution in [0.2, 0.25) is 10.0 Å². The summed E-state index contributed by atoms with van der Waals surface area (Å²) in [6.07, 6.45) is 2.02. The van der Waals surface area contributed by atoms with Crippen molar-refractivity contribution in [2.45, 2.75) is 19.4 Å². The first-order valence-electron chi connectivity index (χ1n) is 7.63. The van der Waals surface area contributed by atoms with Crippen LogP contribution in [0.3, 0.4) is 0 Å². The summed E-state index contributed by atoms with van der Waals surface area (Å²) in [7, 11) is -3.12. The first-order chi connectivity index (χ1) is 11.2. The third-order valence-electron chi connectivity index (χ3n) is 4.03. The van der Waals surface area contributed by atoms with Gasteiger partial charge in [0.15, 0.2) is 5.96 Å². The summed E-state index contributed by atoms with van der Waals surface area (Å²) in [5.41, 5.74) is 6.81. The van der Waals surface area contributed by atoms with E-state index in [1.54, 1.807) is 12.1 Å². The Kier molecular flexibility index (Phi) is 8.73. The minimum atomic E-state index is -3.12. The highest BCUT2D eigenvalue weighted by Gasteiger charge is 2.28. The number of hydrogen-bond acceptors (Lipinski definition) is 3. The van der Waals surface area contributed by atoms with E-state index in [4.69, 9.17) is 28.9 Å². The van der Waals surface area contributed by atoms with Gasteiger partial charge in [0.1, 0.15) is 0 Å². The van der Waals surface area contributed by atoms with Gasteiger partial charge in [-0.25, -0.2) is 12.7 Å². The normalized spacial score (nSPS) is 20.2. The number of hydrogen-bond donors (Lipinski definition) is 2. The lowest BCUT2D eigenvalue weighted by atomic mass is 10.1. The van der Waals surface area contributed by atoms with Crippen molar-refractivity contribution in [1.82, 2.24) is 9.62 Å². The standard InChI is InChI=1S/C15H22Cl2N4O2S.HI/c1-10(13-4-3-12(16)7-14(13)17)20-15(18)19-8-11-5-6-21(9-11)24(2,22)23;/h3-4,7,10-11H,5-6,8-9H2,1-2H3,(H3,18,19,20);1H. The molecule has 1 aliphatic rings. The van der Waals surface area contributed by atoms with Crippen molar-refractivity contribution in [3.8, 4) is 0 Å². The molecule has 25 heavy (non-hydrogen) atoms. The molecule has 6 nitrogen and oxygen atoms in total. The minimum absolute atomic E-state index is 0. The molecule has 1 saturated heterocycles. The molecule has 1 aromatic rings. The Balaban J connectivity index is 0.00000312. The van der Waals surface area contributed by atoms with Gasteiger partial charge in [-0.3, -0.25) is 4.99 Å². The van der Waals surface area contributed by atoms with Gasteiger partial charge in [-0.05, 0) is 37.0 Å². The number of nitrogens with two attached hydrogens (primary N) is 1. The zero-order valence-electron chi connectivity index (χ0n) is 14.1. The highest BCUT2D eigenvalue weighted by molar-refractivity contribution is 14.0. The maximum absolute atomic E-state index is 11.5. The fraction of sp³-hybridized carbons (Fsp3) is 0.533. The van der Waals surface area contributed by atoms with Crippen LogP contribution in [0.25, 0.3) is 0 Å². The van der Waals surface area contributed by atoms with Gasteiger partial charge in [-0.2, -0.15) is 0 Å². The van der Waals surface area contributed by atoms with Crippen LogP contribution in [0.1, 0.15) is 24.9 Å². The van der Waals surface area contributed by atoms with E-state index >= 15 is 0 Å². The second kappa shape index (κ2) is 9.59. The van der Waals surface area contributed by atoms with E-state index in [1.807, 2.05) is 13.0 Å². The topological polar surface area (TPSA) is 87.8 Å². The Labute approximate surface area is 176 Å². The fourth-order valence-electron chi connectivity index (χ4n) is 2.67. The van der Waals surface area contributed by atoms with Gasteiger partial charge in [0.25, 0.3) is 0 Å². The van der Waals surface area contributed by atoms with Gasteiger partial charge in [0.05, 0.1) is 12.3 Å². The van der Waals surface area contributed by atoms with Gasteiger partial charge in [0.2, 0.25) is 10.0 Å². The largest absolute Gasteiger partial charge is 0.370 e. The molecule has 0 bridgehead atoms. The number of nitrogens with one attached hydrogen (secondary N) is 1. The molecule has 1 fully saturated rings. The Morgan fingerprint density at radius 2 is 2.16 bits per heavy atom. The van der Waals surface area contributed by atoms with E-state index in [-0.39, 0.29) is 35.9 Å². The number of nitrogens with zero attached hydrogens (tertiary/aromatic N) is 2. The number of benzene rings is 1. The van der Waals surface area contributed by atoms with Crippen LogP contribution >= 0.6 is 47.2 Å². The van der Waals surface area contributed by atoms with Crippen molar-refractivity contribution in [3.05, 3.63) is 33.8 Å². The molecule has 1 heterocycles. The van der Waals surface area contributed by atoms with Gasteiger partial charge in [-0.15, -0.1) is 24.0 Å². The van der Waals surface area contributed by atoms with Crippen LogP contribution in [-0.2, 0) is 10.0 Å². The summed E-state index contributed by atoms with van der Waals surface area (Å²) in [6.45, 7) is 3.46. The number of sulfonamides is 1. The average Bonchev–Trinajstić information content (AvgIpc) is 2.93. The zero-order valence-corrected chi connectivity index (χ0v) is 18.7. The quantitative estimate of drug-likeness (QED) is 0.355. The molecular weight excluding hydrogens is 498 g/mol. The maximum Gasteiger partial charge on any atom is 0.211 e. The molecule has 2 rings (SSSR count). The molecule has 2 unspecified atom stereocenters. The molecule has 0 saturated carbocycles. The number of aliphatic imine (C=N–C) groups is 1. The second-order valence-electron chi connectivity index (χ2n) is 6.03. The van der Waals surface area contributed by atoms with Crippen LogP contribution in [0.15, 0.2) is 23.2 Å². The first-order valence-corrected chi connectivity index (χ1v) is 10.2. The summed E-state index contributed by atoms with van der Waals surface area (Å²) < 4.78 is 24.5. The Bertz CT molecular complexity index is 730. The molecule has 0 radical (unpaired) electrons. The lowest BCUT2D eigenvalue weighted by molar-refractivity contribution is 0.464. The van der Waals surface area contributed by atoms with E-state index in [0.29, 0.717) is 35.6 Å². The summed E-state index contributed by atoms with van der Waals surface area (Å²) in [6, 6.07) is 5.18. The Morgan fingerprint density at radius 3 is 2.72 bits per heavy atom. The van der Waals surface area contributed by atoms with Crippen molar-refractivity contribution in [2.24, 2.45) is 16.6 Å². The second-order valence-corrected chi connectivity index (χ2v) is 8.86. The zero-order chi connectivity index (χ0) is 17.9. The molecule has 0 aliphatic carbocycles. The highest BCUT2D eigenvalue weighted by Crippen LogP contribution is 2.26. The molecule has 2 atom stereocenters. The van der Waals surface area contributed by atoms with Crippen LogP contribution in [0, 0.1) is 5.92 Å². The van der Waals surface area contributed by atoms with Gasteiger partial charge >= 0.3 is 0 Å². The molecule has 3 N–H and O–H groups in total. The van der Waals surface area contributed by atoms with Gasteiger partial charge < -0.3 is 11.1 Å². The van der Waals surface area contributed by atoms with Crippen molar-refractivity contribution in [3.63, 3.8) is 0 Å². The van der Waals surface area contributed by atoms with Crippen LogP contribution < -0.4 is 11.1 Å². The summed E-state index contributed by atoms with van der Waals surface area (Å²) >= 11 is 12.1. The van der Waals surface area contributed by atoms with Gasteiger partial charge in [-0.1, -0.05) is 29.3 Å². The Hall–Kier alpha value is -0.290. The summed E-state index contributed by atoms with van der Waals surface area (Å²) in [5.74, 6) is 0.501. The highest BCUT2D eigenvalue weighted by atomic mass is 127. The lowest BCUT2D eigenvalue weighted by Crippen LogP contribution is -2.34. The van der Waals surface area contributed by atoms with Crippen LogP contribution in [0.5, 0.6) is 0 Å². The van der Waals surface area contributed by atoms with E-state index in [1.165, 1.54) is 10.6 Å². The van der Waals surface area contributed by atoms with E-state index in [9.17, 15) is 8.42 Å². The van der Waals surface area contributed by atoms with Crippen LogP contribution in [0.4, 0.5) is 0 Å². The molecule has 0 aromatic heterocycles. The van der Waals surface area contributed by atoms with Crippen molar-refractivity contribution < 1.29 is 8.42 Å². The molecule has 0 spiro atoms. The van der Waals surface area contributed by atoms with Crippen molar-refractivity contribution in [2.75, 3.05) is 25.9 Å². The Morgan fingerprint density at radius 1 is 1.48 bits per heavy atom. The van der Waals surface area contributed by atoms with E-state index in [2.05, 4.69) is 10.3 Å². The third-order valence-corrected chi connectivity index (χ3v) is 5.86. The maximum atomic E-state index is 11.5. The molecule has 1 aromatic carbocycles. The van der Waals surface area contributed by atoms with Crippen molar-refractivity contribution >= 4 is 63.2 Å². The SMILES string of the molecule is CC(NC(N)=NCC1CCN(S(C)(=O)=O)C1)c1ccc(Cl)cc1Cl.I. The van der Waals surface area contributed by atoms with Crippen molar-refractivity contribution in [1.29, 1.82) is 0 Å². The molecular formula is C15H23Cl2IN4O2S. The first kappa shape index (κ1) is 22.8. The van der Waals surface area contributed by atoms with Crippen LogP contribution in [-0.4, -0.2) is 44.6 Å². The predicted octanol–water partition coefficient (Wildman–Crippen LogP) is 2.86. The number of guanidine groups is 1. The molecule has 10 heteroatoms. The molecule has 1 aliphatic heterocycles. The number of halogens is 3. The molecule has 142 valence electrons.